The minimum absolute atomic E-state index is 0.0221. The van der Waals surface area contributed by atoms with Gasteiger partial charge in [-0.05, 0) is 24.3 Å². The number of benzene rings is 1. The molecule has 0 amide bonds. The van der Waals surface area contributed by atoms with Gasteiger partial charge in [0.2, 0.25) is 0 Å². The molecule has 0 spiro atoms. The molecule has 4 nitrogen and oxygen atoms in total. The number of carboxylic acid groups (broad SMARTS) is 1. The summed E-state index contributed by atoms with van der Waals surface area (Å²) in [6, 6.07) is 4.77. The van der Waals surface area contributed by atoms with E-state index in [9.17, 15) is 14.3 Å². The third-order valence-electron chi connectivity index (χ3n) is 2.25. The van der Waals surface area contributed by atoms with Crippen molar-refractivity contribution in [1.82, 2.24) is 4.98 Å². The Labute approximate surface area is 96.0 Å². The van der Waals surface area contributed by atoms with Crippen molar-refractivity contribution in [2.45, 2.75) is 0 Å². The molecule has 0 fully saturated rings. The van der Waals surface area contributed by atoms with E-state index in [1.807, 2.05) is 0 Å². The van der Waals surface area contributed by atoms with E-state index >= 15 is 0 Å². The number of aromatic nitrogens is 1. The molecule has 2 N–H and O–H groups in total. The molecule has 17 heavy (non-hydrogen) atoms. The molecule has 0 saturated heterocycles. The van der Waals surface area contributed by atoms with Crippen LogP contribution in [0.15, 0.2) is 36.7 Å². The summed E-state index contributed by atoms with van der Waals surface area (Å²) in [6.45, 7) is 0. The standard InChI is InChI=1S/C12H8FNO3/c13-9-1-2-11(15)10(4-9)7-3-8(12(16)17)6-14-5-7/h1-6,15H,(H,16,17). The molecule has 86 valence electrons. The molecule has 1 aromatic carbocycles. The number of pyridine rings is 1. The van der Waals surface area contributed by atoms with E-state index in [-0.39, 0.29) is 16.9 Å². The summed E-state index contributed by atoms with van der Waals surface area (Å²) in [4.78, 5) is 14.5. The van der Waals surface area contributed by atoms with Gasteiger partial charge in [0.1, 0.15) is 11.6 Å². The van der Waals surface area contributed by atoms with Gasteiger partial charge in [-0.3, -0.25) is 4.98 Å². The van der Waals surface area contributed by atoms with Gasteiger partial charge >= 0.3 is 5.97 Å². The highest BCUT2D eigenvalue weighted by Crippen LogP contribution is 2.29. The highest BCUT2D eigenvalue weighted by molar-refractivity contribution is 5.89. The summed E-state index contributed by atoms with van der Waals surface area (Å²) in [5.41, 5.74) is 0.536. The van der Waals surface area contributed by atoms with Crippen LogP contribution >= 0.6 is 0 Å². The molecule has 2 aromatic rings. The van der Waals surface area contributed by atoms with E-state index in [0.717, 1.165) is 12.1 Å². The minimum atomic E-state index is -1.13. The molecule has 0 aliphatic heterocycles. The maximum absolute atomic E-state index is 13.0. The summed E-state index contributed by atoms with van der Waals surface area (Å²) in [6.07, 6.45) is 2.54. The zero-order valence-electron chi connectivity index (χ0n) is 8.59. The number of halogens is 1. The number of phenols is 1. The maximum atomic E-state index is 13.0. The number of aromatic hydroxyl groups is 1. The van der Waals surface area contributed by atoms with Crippen LogP contribution in [-0.2, 0) is 0 Å². The molecule has 0 radical (unpaired) electrons. The van der Waals surface area contributed by atoms with Gasteiger partial charge in [-0.15, -0.1) is 0 Å². The Morgan fingerprint density at radius 2 is 2.00 bits per heavy atom. The van der Waals surface area contributed by atoms with E-state index in [4.69, 9.17) is 5.11 Å². The quantitative estimate of drug-likeness (QED) is 0.834. The third kappa shape index (κ3) is 2.23. The first-order chi connectivity index (χ1) is 8.08. The molecule has 5 heteroatoms. The van der Waals surface area contributed by atoms with E-state index in [1.54, 1.807) is 0 Å². The third-order valence-corrected chi connectivity index (χ3v) is 2.25. The minimum Gasteiger partial charge on any atom is -0.507 e. The van der Waals surface area contributed by atoms with Crippen LogP contribution in [0.5, 0.6) is 5.75 Å². The molecular weight excluding hydrogens is 225 g/mol. The zero-order chi connectivity index (χ0) is 12.4. The van der Waals surface area contributed by atoms with Crippen LogP contribution in [-0.4, -0.2) is 21.2 Å². The first-order valence-electron chi connectivity index (χ1n) is 4.75. The van der Waals surface area contributed by atoms with Gasteiger partial charge in [0.25, 0.3) is 0 Å². The summed E-state index contributed by atoms with van der Waals surface area (Å²) in [5.74, 6) is -1.77. The predicted molar refractivity (Wildman–Crippen MR) is 58.3 cm³/mol. The summed E-state index contributed by atoms with van der Waals surface area (Å²) < 4.78 is 13.0. The fourth-order valence-corrected chi connectivity index (χ4v) is 1.44. The van der Waals surface area contributed by atoms with Crippen LogP contribution in [0.3, 0.4) is 0 Å². The van der Waals surface area contributed by atoms with Crippen LogP contribution in [0.25, 0.3) is 11.1 Å². The Hall–Kier alpha value is -2.43. The Kier molecular flexibility index (Phi) is 2.74. The average molecular weight is 233 g/mol. The Balaban J connectivity index is 2.56. The largest absolute Gasteiger partial charge is 0.507 e. The number of hydrogen-bond acceptors (Lipinski definition) is 3. The lowest BCUT2D eigenvalue weighted by molar-refractivity contribution is 0.0696. The van der Waals surface area contributed by atoms with Crippen LogP contribution in [0, 0.1) is 5.82 Å². The monoisotopic (exact) mass is 233 g/mol. The van der Waals surface area contributed by atoms with Crippen LogP contribution in [0.4, 0.5) is 4.39 Å². The van der Waals surface area contributed by atoms with E-state index in [2.05, 4.69) is 4.98 Å². The second-order valence-electron chi connectivity index (χ2n) is 3.43. The number of carboxylic acids is 1. The van der Waals surface area contributed by atoms with Gasteiger partial charge in [0, 0.05) is 23.5 Å². The number of aromatic carboxylic acids is 1. The van der Waals surface area contributed by atoms with Crippen molar-refractivity contribution >= 4 is 5.97 Å². The van der Waals surface area contributed by atoms with Crippen molar-refractivity contribution in [1.29, 1.82) is 0 Å². The second kappa shape index (κ2) is 4.21. The molecule has 0 unspecified atom stereocenters. The fraction of sp³-hybridized carbons (Fsp3) is 0. The van der Waals surface area contributed by atoms with E-state index < -0.39 is 11.8 Å². The fourth-order valence-electron chi connectivity index (χ4n) is 1.44. The zero-order valence-corrected chi connectivity index (χ0v) is 8.59. The molecule has 0 aliphatic carbocycles. The normalized spacial score (nSPS) is 10.2. The first kappa shape index (κ1) is 11.1. The number of nitrogens with zero attached hydrogens (tertiary/aromatic N) is 1. The Morgan fingerprint density at radius 3 is 2.71 bits per heavy atom. The number of phenolic OH excluding ortho intramolecular Hbond substituents is 1. The molecule has 0 atom stereocenters. The molecule has 1 aromatic heterocycles. The van der Waals surface area contributed by atoms with Crippen LogP contribution in [0.1, 0.15) is 10.4 Å². The van der Waals surface area contributed by atoms with Gasteiger partial charge in [0.05, 0.1) is 5.56 Å². The molecule has 0 bridgehead atoms. The lowest BCUT2D eigenvalue weighted by atomic mass is 10.0. The number of carbonyl (C=O) groups is 1. The van der Waals surface area contributed by atoms with Crippen molar-refractivity contribution in [2.24, 2.45) is 0 Å². The smallest absolute Gasteiger partial charge is 0.337 e. The highest BCUT2D eigenvalue weighted by atomic mass is 19.1. The Bertz CT molecular complexity index is 584. The molecular formula is C12H8FNO3. The van der Waals surface area contributed by atoms with Gasteiger partial charge in [-0.25, -0.2) is 9.18 Å². The van der Waals surface area contributed by atoms with Gasteiger partial charge in [0.15, 0.2) is 0 Å². The first-order valence-corrected chi connectivity index (χ1v) is 4.75. The van der Waals surface area contributed by atoms with Crippen LogP contribution < -0.4 is 0 Å². The molecule has 2 rings (SSSR count). The highest BCUT2D eigenvalue weighted by Gasteiger charge is 2.09. The number of hydrogen-bond donors (Lipinski definition) is 2. The van der Waals surface area contributed by atoms with Crippen LogP contribution in [0.2, 0.25) is 0 Å². The SMILES string of the molecule is O=C(O)c1cncc(-c2cc(F)ccc2O)c1. The van der Waals surface area contributed by atoms with Gasteiger partial charge in [-0.2, -0.15) is 0 Å². The summed E-state index contributed by atoms with van der Waals surface area (Å²) in [5, 5.41) is 18.4. The van der Waals surface area contributed by atoms with Crippen molar-refractivity contribution in [3.8, 4) is 16.9 Å². The molecule has 0 aliphatic rings. The summed E-state index contributed by atoms with van der Waals surface area (Å²) in [7, 11) is 0. The lowest BCUT2D eigenvalue weighted by Gasteiger charge is -2.05. The van der Waals surface area contributed by atoms with Crippen molar-refractivity contribution in [3.63, 3.8) is 0 Å². The Morgan fingerprint density at radius 1 is 1.24 bits per heavy atom. The van der Waals surface area contributed by atoms with Crippen molar-refractivity contribution < 1.29 is 19.4 Å². The topological polar surface area (TPSA) is 70.4 Å². The number of rotatable bonds is 2. The lowest BCUT2D eigenvalue weighted by Crippen LogP contribution is -1.97. The molecule has 1 heterocycles. The van der Waals surface area contributed by atoms with Crippen molar-refractivity contribution in [2.75, 3.05) is 0 Å². The van der Waals surface area contributed by atoms with Crippen molar-refractivity contribution in [3.05, 3.63) is 48.0 Å². The average Bonchev–Trinajstić information content (AvgIpc) is 2.32. The van der Waals surface area contributed by atoms with Gasteiger partial charge in [-0.1, -0.05) is 0 Å². The summed E-state index contributed by atoms with van der Waals surface area (Å²) >= 11 is 0. The maximum Gasteiger partial charge on any atom is 0.337 e. The van der Waals surface area contributed by atoms with E-state index in [1.165, 1.54) is 24.5 Å². The molecule has 0 saturated carbocycles. The second-order valence-corrected chi connectivity index (χ2v) is 3.43. The van der Waals surface area contributed by atoms with E-state index in [0.29, 0.717) is 5.56 Å². The predicted octanol–water partition coefficient (Wildman–Crippen LogP) is 2.29. The van der Waals surface area contributed by atoms with Gasteiger partial charge < -0.3 is 10.2 Å².